The molecule has 3 aliphatic rings. The van der Waals surface area contributed by atoms with Gasteiger partial charge in [0.2, 0.25) is 0 Å². The third-order valence-corrected chi connectivity index (χ3v) is 8.03. The second-order valence-electron chi connectivity index (χ2n) is 10.4. The number of nitrogens with one attached hydrogen (secondary N) is 2. The van der Waals surface area contributed by atoms with Crippen LogP contribution in [-0.4, -0.2) is 100 Å². The van der Waals surface area contributed by atoms with E-state index in [1.54, 1.807) is 47.1 Å². The number of morpholine rings is 2. The van der Waals surface area contributed by atoms with Crippen molar-refractivity contribution in [3.8, 4) is 5.75 Å². The summed E-state index contributed by atoms with van der Waals surface area (Å²) in [6, 6.07) is 11.3. The lowest BCUT2D eigenvalue weighted by Crippen LogP contribution is -2.74. The smallest absolute Gasteiger partial charge is 0.352 e. The van der Waals surface area contributed by atoms with Crippen LogP contribution in [0.15, 0.2) is 42.5 Å². The number of benzene rings is 2. The third kappa shape index (κ3) is 5.92. The quantitative estimate of drug-likeness (QED) is 0.330. The topological polar surface area (TPSA) is 134 Å². The first-order valence-electron chi connectivity index (χ1n) is 14.3. The first-order chi connectivity index (χ1) is 20.8. The summed E-state index contributed by atoms with van der Waals surface area (Å²) in [4.78, 5) is 45.1. The normalized spacial score (nSPS) is 23.2. The molecule has 0 spiro atoms. The van der Waals surface area contributed by atoms with Crippen molar-refractivity contribution in [2.45, 2.75) is 19.0 Å². The summed E-state index contributed by atoms with van der Waals surface area (Å²) in [5.74, 6) is -2.76. The zero-order valence-electron chi connectivity index (χ0n) is 24.3. The number of esters is 1. The number of carbonyl (C=O) groups excluding carboxylic acids is 3. The van der Waals surface area contributed by atoms with Gasteiger partial charge in [-0.15, -0.1) is 0 Å². The summed E-state index contributed by atoms with van der Waals surface area (Å²) >= 11 is 0. The minimum Gasteiger partial charge on any atom is -0.497 e. The predicted octanol–water partition coefficient (Wildman–Crippen LogP) is 2.27. The molecule has 2 N–H and O–H groups in total. The van der Waals surface area contributed by atoms with Gasteiger partial charge < -0.3 is 34.1 Å². The zero-order valence-corrected chi connectivity index (χ0v) is 24.3. The number of amides is 2. The molecule has 13 heteroatoms. The Labute approximate surface area is 249 Å². The Kier molecular flexibility index (Phi) is 9.23. The lowest BCUT2D eigenvalue weighted by molar-refractivity contribution is -0.139. The summed E-state index contributed by atoms with van der Waals surface area (Å²) in [6.07, 6.45) is 0.217. The van der Waals surface area contributed by atoms with Crippen molar-refractivity contribution in [1.82, 2.24) is 4.90 Å². The predicted molar refractivity (Wildman–Crippen MR) is 156 cm³/mol. The molecule has 0 bridgehead atoms. The van der Waals surface area contributed by atoms with E-state index in [-0.39, 0.29) is 43.5 Å². The van der Waals surface area contributed by atoms with E-state index < -0.39 is 29.3 Å². The Morgan fingerprint density at radius 2 is 1.70 bits per heavy atom. The minimum absolute atomic E-state index is 0.00975. The molecule has 2 atom stereocenters. The number of carbonyl (C=O) groups is 3. The van der Waals surface area contributed by atoms with E-state index in [1.165, 1.54) is 19.2 Å². The van der Waals surface area contributed by atoms with Crippen LogP contribution in [0.4, 0.5) is 21.5 Å². The van der Waals surface area contributed by atoms with Crippen LogP contribution in [0, 0.1) is 17.1 Å². The third-order valence-electron chi connectivity index (χ3n) is 8.03. The number of ether oxygens (including phenoxy) is 4. The van der Waals surface area contributed by atoms with Gasteiger partial charge in [0, 0.05) is 43.6 Å². The molecule has 0 saturated carbocycles. The number of nitrogens with zero attached hydrogens (tertiary/aromatic N) is 3. The molecule has 2 unspecified atom stereocenters. The maximum atomic E-state index is 15.4. The summed E-state index contributed by atoms with van der Waals surface area (Å²) in [5.41, 5.74) is -0.832. The van der Waals surface area contributed by atoms with E-state index in [9.17, 15) is 14.4 Å². The molecule has 0 radical (unpaired) electrons. The first kappa shape index (κ1) is 30.4. The molecule has 43 heavy (non-hydrogen) atoms. The molecule has 3 fully saturated rings. The van der Waals surface area contributed by atoms with E-state index >= 15 is 4.39 Å². The molecule has 2 aromatic rings. The number of rotatable bonds is 9. The van der Waals surface area contributed by atoms with E-state index in [0.717, 1.165) is 0 Å². The van der Waals surface area contributed by atoms with Crippen LogP contribution in [0.3, 0.4) is 0 Å². The van der Waals surface area contributed by atoms with Gasteiger partial charge in [0.15, 0.2) is 5.66 Å². The Morgan fingerprint density at radius 3 is 2.33 bits per heavy atom. The number of hydrogen-bond acceptors (Lipinski definition) is 10. The molecule has 2 amide bonds. The zero-order chi connectivity index (χ0) is 30.6. The largest absolute Gasteiger partial charge is 0.497 e. The molecule has 0 aliphatic carbocycles. The Hall–Kier alpha value is -4.07. The van der Waals surface area contributed by atoms with E-state index in [0.29, 0.717) is 56.6 Å². The second kappa shape index (κ2) is 13.1. The van der Waals surface area contributed by atoms with Crippen molar-refractivity contribution >= 4 is 40.6 Å². The summed E-state index contributed by atoms with van der Waals surface area (Å²) in [7, 11) is 1.43. The van der Waals surface area contributed by atoms with Gasteiger partial charge in [-0.05, 0) is 49.7 Å². The fourth-order valence-electron chi connectivity index (χ4n) is 5.90. The van der Waals surface area contributed by atoms with Crippen molar-refractivity contribution in [2.24, 2.45) is 5.92 Å². The summed E-state index contributed by atoms with van der Waals surface area (Å²) in [6.45, 7) is 3.99. The van der Waals surface area contributed by atoms with E-state index in [1.807, 2.05) is 4.90 Å². The van der Waals surface area contributed by atoms with Crippen molar-refractivity contribution in [2.75, 3.05) is 81.4 Å². The highest BCUT2D eigenvalue weighted by Crippen LogP contribution is 2.40. The molecule has 230 valence electrons. The summed E-state index contributed by atoms with van der Waals surface area (Å²) < 4.78 is 36.6. The molecule has 3 aliphatic heterocycles. The Morgan fingerprint density at radius 1 is 1.02 bits per heavy atom. The summed E-state index contributed by atoms with van der Waals surface area (Å²) in [5, 5.41) is 12.0. The first-order valence-corrected chi connectivity index (χ1v) is 14.3. The highest BCUT2D eigenvalue weighted by atomic mass is 19.1. The van der Waals surface area contributed by atoms with E-state index in [4.69, 9.17) is 24.4 Å². The molecular formula is C30H36FN5O7. The molecule has 3 heterocycles. The van der Waals surface area contributed by atoms with Gasteiger partial charge in [-0.25, -0.2) is 9.18 Å². The molecular weight excluding hydrogens is 561 g/mol. The number of anilines is 3. The molecule has 12 nitrogen and oxygen atoms in total. The van der Waals surface area contributed by atoms with Crippen LogP contribution in [0.25, 0.3) is 0 Å². The lowest BCUT2D eigenvalue weighted by Gasteiger charge is -2.53. The van der Waals surface area contributed by atoms with Crippen LogP contribution < -0.4 is 19.9 Å². The molecule has 2 aromatic carbocycles. The molecule has 3 saturated heterocycles. The fourth-order valence-corrected chi connectivity index (χ4v) is 5.90. The standard InChI is InChI=1S/C30H36FN5O7/c1-3-43-28(38)27(32)23-10-11-36(21-6-4-20(5-7-21)35-14-17-42-19-26(35)37)29(39)30(23,34-12-15-41-16-13-34)33-25-9-8-22(40-2)18-24(25)31/h4-9,18,23,32-33H,3,10-17,19H2,1-2H3. The average Bonchev–Trinajstić information content (AvgIpc) is 3.03. The number of piperidine rings is 1. The Bertz CT molecular complexity index is 1370. The van der Waals surface area contributed by atoms with Gasteiger partial charge in [0.1, 0.15) is 23.9 Å². The monoisotopic (exact) mass is 597 g/mol. The lowest BCUT2D eigenvalue weighted by atomic mass is 9.78. The van der Waals surface area contributed by atoms with Gasteiger partial charge >= 0.3 is 5.97 Å². The number of halogens is 1. The van der Waals surface area contributed by atoms with Crippen LogP contribution in [0.2, 0.25) is 0 Å². The van der Waals surface area contributed by atoms with Crippen molar-refractivity contribution in [3.63, 3.8) is 0 Å². The van der Waals surface area contributed by atoms with Gasteiger partial charge in [-0.3, -0.25) is 19.9 Å². The van der Waals surface area contributed by atoms with Gasteiger partial charge in [-0.2, -0.15) is 0 Å². The van der Waals surface area contributed by atoms with Crippen molar-refractivity contribution in [1.29, 1.82) is 5.41 Å². The van der Waals surface area contributed by atoms with Crippen LogP contribution >= 0.6 is 0 Å². The Balaban J connectivity index is 1.57. The van der Waals surface area contributed by atoms with Crippen molar-refractivity contribution < 1.29 is 37.7 Å². The molecule has 0 aromatic heterocycles. The highest BCUT2D eigenvalue weighted by molar-refractivity contribution is 6.37. The SMILES string of the molecule is CCOC(=O)C(=N)C1CCN(c2ccc(N3CCOCC3=O)cc2)C(=O)C1(Nc1ccc(OC)cc1F)N1CCOCC1. The van der Waals surface area contributed by atoms with Crippen LogP contribution in [-0.2, 0) is 28.6 Å². The minimum atomic E-state index is -1.72. The average molecular weight is 598 g/mol. The van der Waals surface area contributed by atoms with Crippen molar-refractivity contribution in [3.05, 3.63) is 48.3 Å². The van der Waals surface area contributed by atoms with Gasteiger partial charge in [0.25, 0.3) is 11.8 Å². The second-order valence-corrected chi connectivity index (χ2v) is 10.4. The van der Waals surface area contributed by atoms with E-state index in [2.05, 4.69) is 5.32 Å². The number of hydrogen-bond donors (Lipinski definition) is 2. The van der Waals surface area contributed by atoms with Gasteiger partial charge in [0.05, 0.1) is 45.1 Å². The maximum Gasteiger partial charge on any atom is 0.352 e. The maximum absolute atomic E-state index is 15.4. The number of methoxy groups -OCH3 is 1. The molecule has 5 rings (SSSR count). The van der Waals surface area contributed by atoms with Gasteiger partial charge in [-0.1, -0.05) is 0 Å². The van der Waals surface area contributed by atoms with Crippen LogP contribution in [0.1, 0.15) is 13.3 Å². The highest BCUT2D eigenvalue weighted by Gasteiger charge is 2.58. The van der Waals surface area contributed by atoms with Crippen LogP contribution in [0.5, 0.6) is 5.75 Å². The fraction of sp³-hybridized carbons (Fsp3) is 0.467.